The number of hydrogen-bond acceptors (Lipinski definition) is 5. The van der Waals surface area contributed by atoms with E-state index in [1.54, 1.807) is 11.3 Å². The molecule has 0 fully saturated rings. The van der Waals surface area contributed by atoms with E-state index in [9.17, 15) is 4.79 Å². The van der Waals surface area contributed by atoms with Gasteiger partial charge >= 0.3 is 0 Å². The number of aromatic nitrogens is 2. The number of fused-ring (bicyclic) bond motifs is 1. The van der Waals surface area contributed by atoms with E-state index in [2.05, 4.69) is 37.5 Å². The number of hydrogen-bond donors (Lipinski definition) is 1. The third kappa shape index (κ3) is 3.13. The van der Waals surface area contributed by atoms with E-state index in [-0.39, 0.29) is 5.56 Å². The molecule has 0 aromatic carbocycles. The summed E-state index contributed by atoms with van der Waals surface area (Å²) in [5.74, 6) is 1.61. The first-order valence-corrected chi connectivity index (χ1v) is 9.27. The Morgan fingerprint density at radius 2 is 2.30 bits per heavy atom. The first-order chi connectivity index (χ1) is 11.2. The molecule has 1 N–H and O–H groups in total. The second-order valence-electron chi connectivity index (χ2n) is 5.48. The van der Waals surface area contributed by atoms with Crippen molar-refractivity contribution in [1.29, 1.82) is 0 Å². The van der Waals surface area contributed by atoms with Crippen LogP contribution >= 0.6 is 33.9 Å². The number of H-pyrrole nitrogens is 1. The maximum atomic E-state index is 12.4. The molecule has 1 aliphatic heterocycles. The van der Waals surface area contributed by atoms with Crippen LogP contribution in [0.2, 0.25) is 0 Å². The van der Waals surface area contributed by atoms with Gasteiger partial charge in [0.2, 0.25) is 0 Å². The van der Waals surface area contributed by atoms with Crippen LogP contribution in [-0.4, -0.2) is 21.4 Å². The lowest BCUT2D eigenvalue weighted by atomic mass is 10.1. The van der Waals surface area contributed by atoms with E-state index in [1.807, 2.05) is 29.6 Å². The van der Waals surface area contributed by atoms with Crippen LogP contribution in [0.15, 0.2) is 38.9 Å². The van der Waals surface area contributed by atoms with Crippen LogP contribution in [-0.2, 0) is 19.5 Å². The van der Waals surface area contributed by atoms with Gasteiger partial charge in [0.1, 0.15) is 5.76 Å². The molecular weight excluding hydrogens is 425 g/mol. The third-order valence-electron chi connectivity index (χ3n) is 3.91. The van der Waals surface area contributed by atoms with Gasteiger partial charge in [-0.25, -0.2) is 4.98 Å². The lowest BCUT2D eigenvalue weighted by molar-refractivity contribution is 0.221. The Morgan fingerprint density at radius 1 is 1.39 bits per heavy atom. The standard InChI is InChI=1S/C16H14IN3O2S/c17-14-4-3-10(22-14)8-20-6-5-12-11(9-20)16(21)19-15(18-12)13-2-1-7-23-13/h1-4,7H,5-6,8-9H2,(H,18,19,21). The molecule has 0 amide bonds. The average Bonchev–Trinajstić information content (AvgIpc) is 3.20. The topological polar surface area (TPSA) is 62.1 Å². The highest BCUT2D eigenvalue weighted by atomic mass is 127. The molecule has 0 radical (unpaired) electrons. The van der Waals surface area contributed by atoms with E-state index >= 15 is 0 Å². The predicted molar refractivity (Wildman–Crippen MR) is 97.4 cm³/mol. The molecule has 7 heteroatoms. The van der Waals surface area contributed by atoms with Gasteiger partial charge in [0.15, 0.2) is 9.59 Å². The third-order valence-corrected chi connectivity index (χ3v) is 5.37. The van der Waals surface area contributed by atoms with Crippen LogP contribution in [0.1, 0.15) is 17.0 Å². The van der Waals surface area contributed by atoms with Gasteiger partial charge in [-0.3, -0.25) is 9.69 Å². The summed E-state index contributed by atoms with van der Waals surface area (Å²) in [5, 5.41) is 1.99. The van der Waals surface area contributed by atoms with Crippen LogP contribution in [0.4, 0.5) is 0 Å². The molecule has 23 heavy (non-hydrogen) atoms. The summed E-state index contributed by atoms with van der Waals surface area (Å²) in [6.07, 6.45) is 0.787. The molecule has 3 aromatic rings. The minimum absolute atomic E-state index is 0.0304. The van der Waals surface area contributed by atoms with Gasteiger partial charge in [0, 0.05) is 19.5 Å². The predicted octanol–water partition coefficient (Wildman–Crippen LogP) is 3.25. The highest BCUT2D eigenvalue weighted by Crippen LogP contribution is 2.23. The van der Waals surface area contributed by atoms with Crippen LogP contribution in [0.25, 0.3) is 10.7 Å². The van der Waals surface area contributed by atoms with Crippen molar-refractivity contribution < 1.29 is 4.42 Å². The van der Waals surface area contributed by atoms with Gasteiger partial charge in [-0.05, 0) is 46.2 Å². The zero-order chi connectivity index (χ0) is 15.8. The Labute approximate surface area is 150 Å². The average molecular weight is 439 g/mol. The van der Waals surface area contributed by atoms with E-state index in [0.29, 0.717) is 18.9 Å². The van der Waals surface area contributed by atoms with Crippen molar-refractivity contribution in [3.8, 4) is 10.7 Å². The number of furan rings is 1. The molecule has 0 atom stereocenters. The normalized spacial score (nSPS) is 14.8. The molecule has 3 aromatic heterocycles. The zero-order valence-electron chi connectivity index (χ0n) is 12.2. The van der Waals surface area contributed by atoms with Crippen LogP contribution < -0.4 is 5.56 Å². The highest BCUT2D eigenvalue weighted by molar-refractivity contribution is 14.1. The summed E-state index contributed by atoms with van der Waals surface area (Å²) in [6.45, 7) is 2.21. The summed E-state index contributed by atoms with van der Waals surface area (Å²) >= 11 is 3.74. The number of nitrogens with one attached hydrogen (secondary N) is 1. The zero-order valence-corrected chi connectivity index (χ0v) is 15.2. The minimum Gasteiger partial charge on any atom is -0.454 e. The quantitative estimate of drug-likeness (QED) is 0.637. The Hall–Kier alpha value is -1.45. The number of nitrogens with zero attached hydrogens (tertiary/aromatic N) is 2. The van der Waals surface area contributed by atoms with E-state index < -0.39 is 0 Å². The first-order valence-electron chi connectivity index (χ1n) is 7.31. The molecule has 5 nitrogen and oxygen atoms in total. The van der Waals surface area contributed by atoms with Crippen molar-refractivity contribution >= 4 is 33.9 Å². The largest absolute Gasteiger partial charge is 0.454 e. The fourth-order valence-corrected chi connectivity index (χ4v) is 3.93. The summed E-state index contributed by atoms with van der Waals surface area (Å²) in [4.78, 5) is 23.2. The summed E-state index contributed by atoms with van der Waals surface area (Å²) in [5.41, 5.74) is 1.66. The highest BCUT2D eigenvalue weighted by Gasteiger charge is 2.22. The molecule has 0 saturated carbocycles. The van der Waals surface area contributed by atoms with E-state index in [0.717, 1.165) is 38.6 Å². The van der Waals surface area contributed by atoms with Crippen molar-refractivity contribution in [1.82, 2.24) is 14.9 Å². The lowest BCUT2D eigenvalue weighted by Crippen LogP contribution is -2.35. The molecule has 0 saturated heterocycles. The molecule has 4 rings (SSSR count). The summed E-state index contributed by atoms with van der Waals surface area (Å²) in [7, 11) is 0. The number of thiophene rings is 1. The first kappa shape index (κ1) is 15.1. The Kier molecular flexibility index (Phi) is 4.08. The second-order valence-corrected chi connectivity index (χ2v) is 7.49. The van der Waals surface area contributed by atoms with Crippen molar-refractivity contribution in [2.45, 2.75) is 19.5 Å². The van der Waals surface area contributed by atoms with Crippen LogP contribution in [0, 0.1) is 3.77 Å². The smallest absolute Gasteiger partial charge is 0.255 e. The van der Waals surface area contributed by atoms with Gasteiger partial charge in [0.05, 0.1) is 22.7 Å². The van der Waals surface area contributed by atoms with Crippen molar-refractivity contribution in [2.24, 2.45) is 0 Å². The molecule has 0 aliphatic carbocycles. The number of aromatic amines is 1. The molecular formula is C16H14IN3O2S. The van der Waals surface area contributed by atoms with Crippen LogP contribution in [0.3, 0.4) is 0 Å². The molecule has 0 spiro atoms. The second kappa shape index (κ2) is 6.21. The maximum Gasteiger partial charge on any atom is 0.255 e. The van der Waals surface area contributed by atoms with Gasteiger partial charge in [-0.1, -0.05) is 6.07 Å². The van der Waals surface area contributed by atoms with E-state index in [1.165, 1.54) is 0 Å². The minimum atomic E-state index is -0.0304. The summed E-state index contributed by atoms with van der Waals surface area (Å²) < 4.78 is 6.50. The molecule has 118 valence electrons. The van der Waals surface area contributed by atoms with Gasteiger partial charge in [-0.15, -0.1) is 11.3 Å². The molecule has 0 bridgehead atoms. The Bertz CT molecular complexity index is 885. The van der Waals surface area contributed by atoms with Gasteiger partial charge < -0.3 is 9.40 Å². The number of rotatable bonds is 3. The maximum absolute atomic E-state index is 12.4. The van der Waals surface area contributed by atoms with Crippen molar-refractivity contribution in [2.75, 3.05) is 6.54 Å². The lowest BCUT2D eigenvalue weighted by Gasteiger charge is -2.26. The van der Waals surface area contributed by atoms with Gasteiger partial charge in [-0.2, -0.15) is 0 Å². The summed E-state index contributed by atoms with van der Waals surface area (Å²) in [6, 6.07) is 7.88. The Balaban J connectivity index is 1.59. The van der Waals surface area contributed by atoms with Crippen molar-refractivity contribution in [3.05, 3.63) is 60.8 Å². The number of halogens is 1. The molecule has 4 heterocycles. The monoisotopic (exact) mass is 439 g/mol. The molecule has 1 aliphatic rings. The fourth-order valence-electron chi connectivity index (χ4n) is 2.80. The van der Waals surface area contributed by atoms with Crippen LogP contribution in [0.5, 0.6) is 0 Å². The fraction of sp³-hybridized carbons (Fsp3) is 0.250. The van der Waals surface area contributed by atoms with E-state index in [4.69, 9.17) is 4.42 Å². The molecule has 0 unspecified atom stereocenters. The van der Waals surface area contributed by atoms with Crippen molar-refractivity contribution in [3.63, 3.8) is 0 Å². The van der Waals surface area contributed by atoms with Gasteiger partial charge in [0.25, 0.3) is 5.56 Å². The Morgan fingerprint density at radius 3 is 3.04 bits per heavy atom. The SMILES string of the molecule is O=c1[nH]c(-c2cccs2)nc2c1CN(Cc1ccc(I)o1)CC2.